The van der Waals surface area contributed by atoms with Gasteiger partial charge in [-0.2, -0.15) is 13.2 Å². The number of anilines is 5. The largest absolute Gasteiger partial charge is 0.416 e. The highest BCUT2D eigenvalue weighted by atomic mass is 32.1. The second kappa shape index (κ2) is 12.1. The molecule has 2 heterocycles. The van der Waals surface area contributed by atoms with Crippen molar-refractivity contribution in [1.82, 2.24) is 15.0 Å². The van der Waals surface area contributed by atoms with E-state index in [1.165, 1.54) is 18.3 Å². The number of halogens is 3. The number of aliphatic hydroxyl groups excluding tert-OH is 1. The van der Waals surface area contributed by atoms with Crippen LogP contribution < -0.4 is 21.3 Å². The third kappa shape index (κ3) is 7.30. The van der Waals surface area contributed by atoms with Gasteiger partial charge < -0.3 is 26.4 Å². The molecule has 0 radical (unpaired) electrons. The third-order valence-electron chi connectivity index (χ3n) is 5.42. The summed E-state index contributed by atoms with van der Waals surface area (Å²) >= 11 is 1.09. The summed E-state index contributed by atoms with van der Waals surface area (Å²) in [6.45, 7) is 3.75. The van der Waals surface area contributed by atoms with Gasteiger partial charge in [0, 0.05) is 29.5 Å². The lowest BCUT2D eigenvalue weighted by atomic mass is 10.1. The third-order valence-corrected chi connectivity index (χ3v) is 6.33. The number of hydrogen-bond donors (Lipinski definition) is 5. The van der Waals surface area contributed by atoms with Crippen LogP contribution in [0.4, 0.5) is 41.3 Å². The quantitative estimate of drug-likeness (QED) is 0.184. The van der Waals surface area contributed by atoms with Crippen molar-refractivity contribution in [3.63, 3.8) is 0 Å². The highest BCUT2D eigenvalue weighted by Crippen LogP contribution is 2.30. The van der Waals surface area contributed by atoms with E-state index in [0.717, 1.165) is 29.5 Å². The zero-order valence-corrected chi connectivity index (χ0v) is 22.1. The molecule has 0 saturated carbocycles. The Balaban J connectivity index is 1.43. The number of hydrogen-bond acceptors (Lipinski definition) is 9. The molecule has 0 aliphatic heterocycles. The van der Waals surface area contributed by atoms with Crippen molar-refractivity contribution >= 4 is 51.3 Å². The molecule has 5 N–H and O–H groups in total. The van der Waals surface area contributed by atoms with Crippen LogP contribution in [-0.2, 0) is 6.18 Å². The molecular formula is C26H24F3N7O3S. The number of amides is 2. The molecule has 2 aromatic carbocycles. The van der Waals surface area contributed by atoms with Gasteiger partial charge in [-0.1, -0.05) is 23.5 Å². The lowest BCUT2D eigenvalue weighted by Crippen LogP contribution is -2.15. The molecule has 0 unspecified atom stereocenters. The summed E-state index contributed by atoms with van der Waals surface area (Å²) in [5, 5.41) is 20.7. The van der Waals surface area contributed by atoms with Gasteiger partial charge in [0.25, 0.3) is 11.8 Å². The molecule has 0 atom stereocenters. The molecule has 2 aromatic heterocycles. The topological polar surface area (TPSA) is 141 Å². The molecule has 4 rings (SSSR count). The molecule has 14 heteroatoms. The van der Waals surface area contributed by atoms with Crippen LogP contribution in [0, 0.1) is 13.8 Å². The molecule has 2 amide bonds. The Bertz CT molecular complexity index is 1540. The van der Waals surface area contributed by atoms with Gasteiger partial charge in [-0.15, -0.1) is 0 Å². The van der Waals surface area contributed by atoms with E-state index in [1.54, 1.807) is 32.0 Å². The van der Waals surface area contributed by atoms with Gasteiger partial charge in [0.2, 0.25) is 0 Å². The lowest BCUT2D eigenvalue weighted by Gasteiger charge is -2.12. The zero-order chi connectivity index (χ0) is 28.9. The monoisotopic (exact) mass is 571 g/mol. The fourth-order valence-corrected chi connectivity index (χ4v) is 4.23. The minimum atomic E-state index is -4.57. The summed E-state index contributed by atoms with van der Waals surface area (Å²) in [6.07, 6.45) is -3.17. The number of aromatic nitrogens is 3. The maximum Gasteiger partial charge on any atom is 0.416 e. The van der Waals surface area contributed by atoms with E-state index in [0.29, 0.717) is 51.0 Å². The first-order valence-corrected chi connectivity index (χ1v) is 12.7. The van der Waals surface area contributed by atoms with Gasteiger partial charge in [0.05, 0.1) is 18.4 Å². The molecular weight excluding hydrogens is 547 g/mol. The van der Waals surface area contributed by atoms with E-state index < -0.39 is 23.6 Å². The zero-order valence-electron chi connectivity index (χ0n) is 21.3. The number of nitrogens with one attached hydrogen (secondary N) is 4. The number of thiazole rings is 1. The van der Waals surface area contributed by atoms with E-state index in [-0.39, 0.29) is 12.2 Å². The molecule has 0 saturated heterocycles. The lowest BCUT2D eigenvalue weighted by molar-refractivity contribution is -0.137. The molecule has 40 heavy (non-hydrogen) atoms. The fourth-order valence-electron chi connectivity index (χ4n) is 3.51. The van der Waals surface area contributed by atoms with Crippen molar-refractivity contribution in [2.75, 3.05) is 34.4 Å². The van der Waals surface area contributed by atoms with Crippen molar-refractivity contribution in [3.05, 3.63) is 82.1 Å². The summed E-state index contributed by atoms with van der Waals surface area (Å²) in [6, 6.07) is 10.5. The van der Waals surface area contributed by atoms with E-state index in [9.17, 15) is 22.8 Å². The average molecular weight is 572 g/mol. The maximum absolute atomic E-state index is 13.0. The molecule has 0 aliphatic carbocycles. The number of aryl methyl sites for hydroxylation is 2. The molecule has 0 aliphatic rings. The van der Waals surface area contributed by atoms with Crippen LogP contribution in [0.1, 0.15) is 37.0 Å². The average Bonchev–Trinajstić information content (AvgIpc) is 3.37. The Hall–Kier alpha value is -4.56. The first kappa shape index (κ1) is 28.4. The summed E-state index contributed by atoms with van der Waals surface area (Å²) < 4.78 is 39.0. The van der Waals surface area contributed by atoms with Crippen LogP contribution in [0.5, 0.6) is 0 Å². The second-order valence-electron chi connectivity index (χ2n) is 8.51. The minimum Gasteiger partial charge on any atom is -0.395 e. The maximum atomic E-state index is 13.0. The van der Waals surface area contributed by atoms with Crippen LogP contribution in [0.25, 0.3) is 0 Å². The predicted octanol–water partition coefficient (Wildman–Crippen LogP) is 5.22. The molecule has 4 aromatic rings. The van der Waals surface area contributed by atoms with E-state index in [1.807, 2.05) is 0 Å². The molecule has 0 spiro atoms. The predicted molar refractivity (Wildman–Crippen MR) is 146 cm³/mol. The summed E-state index contributed by atoms with van der Waals surface area (Å²) in [5.41, 5.74) is 0.318. The van der Waals surface area contributed by atoms with Gasteiger partial charge in [0.15, 0.2) is 5.13 Å². The van der Waals surface area contributed by atoms with Gasteiger partial charge in [0.1, 0.15) is 22.3 Å². The first-order valence-electron chi connectivity index (χ1n) is 11.9. The Morgan fingerprint density at radius 2 is 1.75 bits per heavy atom. The standard InChI is InChI=1S/C26H24F3N7O3S/c1-14-6-7-18(34-23(38)16-4-3-5-17(10-16)26(27,28)29)11-19(14)35-24(39)20-13-31-25(40-20)36-22-12-21(30-8-9-37)32-15(2)33-22/h3-7,10-13,37H,8-9H2,1-2H3,(H,34,38)(H,35,39)(H2,30,31,32,33,36). The number of alkyl halides is 3. The van der Waals surface area contributed by atoms with Crippen LogP contribution in [-0.4, -0.2) is 45.0 Å². The Kier molecular flexibility index (Phi) is 8.60. The highest BCUT2D eigenvalue weighted by molar-refractivity contribution is 7.17. The number of carbonyl (C=O) groups is 2. The van der Waals surface area contributed by atoms with Crippen molar-refractivity contribution in [2.45, 2.75) is 20.0 Å². The van der Waals surface area contributed by atoms with Crippen molar-refractivity contribution in [3.8, 4) is 0 Å². The van der Waals surface area contributed by atoms with Crippen LogP contribution in [0.2, 0.25) is 0 Å². The number of rotatable bonds is 9. The molecule has 0 fully saturated rings. The van der Waals surface area contributed by atoms with Gasteiger partial charge in [-0.05, 0) is 49.7 Å². The fraction of sp³-hybridized carbons (Fsp3) is 0.192. The number of carbonyl (C=O) groups excluding carboxylic acids is 2. The second-order valence-corrected chi connectivity index (χ2v) is 9.54. The van der Waals surface area contributed by atoms with Crippen molar-refractivity contribution < 1.29 is 27.9 Å². The van der Waals surface area contributed by atoms with Crippen LogP contribution >= 0.6 is 11.3 Å². The minimum absolute atomic E-state index is 0.0542. The molecule has 0 bridgehead atoms. The first-order chi connectivity index (χ1) is 19.0. The highest BCUT2D eigenvalue weighted by Gasteiger charge is 2.31. The summed E-state index contributed by atoms with van der Waals surface area (Å²) in [7, 11) is 0. The Morgan fingerprint density at radius 3 is 2.50 bits per heavy atom. The van der Waals surface area contributed by atoms with Gasteiger partial charge >= 0.3 is 6.18 Å². The number of benzene rings is 2. The van der Waals surface area contributed by atoms with E-state index in [4.69, 9.17) is 5.11 Å². The Morgan fingerprint density at radius 1 is 0.975 bits per heavy atom. The van der Waals surface area contributed by atoms with Crippen LogP contribution in [0.3, 0.4) is 0 Å². The van der Waals surface area contributed by atoms with E-state index in [2.05, 4.69) is 36.2 Å². The summed E-state index contributed by atoms with van der Waals surface area (Å²) in [5.74, 6) is 0.304. The summed E-state index contributed by atoms with van der Waals surface area (Å²) in [4.78, 5) is 38.5. The van der Waals surface area contributed by atoms with Crippen molar-refractivity contribution in [1.29, 1.82) is 0 Å². The van der Waals surface area contributed by atoms with Crippen molar-refractivity contribution in [2.24, 2.45) is 0 Å². The Labute approximate surface area is 230 Å². The van der Waals surface area contributed by atoms with Crippen LogP contribution in [0.15, 0.2) is 54.7 Å². The van der Waals surface area contributed by atoms with E-state index >= 15 is 0 Å². The normalized spacial score (nSPS) is 11.2. The number of aliphatic hydroxyl groups is 1. The van der Waals surface area contributed by atoms with Gasteiger partial charge in [-0.3, -0.25) is 9.59 Å². The smallest absolute Gasteiger partial charge is 0.395 e. The molecule has 208 valence electrons. The molecule has 10 nitrogen and oxygen atoms in total. The number of nitrogens with zero attached hydrogens (tertiary/aromatic N) is 3. The van der Waals surface area contributed by atoms with Gasteiger partial charge in [-0.25, -0.2) is 15.0 Å². The SMILES string of the molecule is Cc1nc(NCCO)cc(Nc2ncc(C(=O)Nc3cc(NC(=O)c4cccc(C(F)(F)F)c4)ccc3C)s2)n1.